The molecule has 1 aromatic heterocycles. The van der Waals surface area contributed by atoms with E-state index in [1.54, 1.807) is 12.1 Å². The van der Waals surface area contributed by atoms with Gasteiger partial charge in [-0.05, 0) is 35.0 Å². The van der Waals surface area contributed by atoms with Crippen molar-refractivity contribution >= 4 is 22.0 Å². The fraction of sp³-hybridized carbons (Fsp3) is 0.222. The number of pyridine rings is 1. The van der Waals surface area contributed by atoms with Gasteiger partial charge >= 0.3 is 0 Å². The molecule has 13 heavy (non-hydrogen) atoms. The molecule has 70 valence electrons. The fourth-order valence-corrected chi connectivity index (χ4v) is 1.21. The van der Waals surface area contributed by atoms with Gasteiger partial charge in [0.25, 0.3) is 0 Å². The zero-order valence-corrected chi connectivity index (χ0v) is 8.59. The molecular weight excluding hydrogens is 235 g/mol. The van der Waals surface area contributed by atoms with Crippen LogP contribution in [0.2, 0.25) is 0 Å². The lowest BCUT2D eigenvalue weighted by Gasteiger charge is -1.96. The van der Waals surface area contributed by atoms with E-state index < -0.39 is 5.95 Å². The van der Waals surface area contributed by atoms with Crippen molar-refractivity contribution in [1.29, 1.82) is 0 Å². The van der Waals surface area contributed by atoms with Gasteiger partial charge in [-0.2, -0.15) is 4.39 Å². The standard InChI is InChI=1S/C9H10BrFN2/c10-8-5-7(3-1-2-4-12)9(11)13-6-8/h1,3,5-6H,2,4,12H2. The first-order chi connectivity index (χ1) is 6.24. The van der Waals surface area contributed by atoms with Crippen LogP contribution in [0.5, 0.6) is 0 Å². The van der Waals surface area contributed by atoms with Crippen LogP contribution in [-0.2, 0) is 0 Å². The third-order valence-corrected chi connectivity index (χ3v) is 1.90. The lowest BCUT2D eigenvalue weighted by atomic mass is 10.2. The molecule has 0 aliphatic heterocycles. The molecule has 0 aromatic carbocycles. The molecule has 0 aliphatic carbocycles. The minimum atomic E-state index is -0.462. The summed E-state index contributed by atoms with van der Waals surface area (Å²) >= 11 is 3.22. The van der Waals surface area contributed by atoms with Crippen molar-refractivity contribution in [2.45, 2.75) is 6.42 Å². The van der Waals surface area contributed by atoms with Crippen LogP contribution in [0, 0.1) is 5.95 Å². The van der Waals surface area contributed by atoms with Crippen molar-refractivity contribution in [2.75, 3.05) is 6.54 Å². The lowest BCUT2D eigenvalue weighted by Crippen LogP contribution is -1.95. The van der Waals surface area contributed by atoms with Crippen molar-refractivity contribution in [1.82, 2.24) is 4.98 Å². The third kappa shape index (κ3) is 3.24. The monoisotopic (exact) mass is 244 g/mol. The Morgan fingerprint density at radius 3 is 3.08 bits per heavy atom. The molecule has 0 saturated carbocycles. The molecule has 4 heteroatoms. The lowest BCUT2D eigenvalue weighted by molar-refractivity contribution is 0.580. The first-order valence-electron chi connectivity index (χ1n) is 3.91. The molecule has 0 saturated heterocycles. The van der Waals surface area contributed by atoms with E-state index in [4.69, 9.17) is 5.73 Å². The molecule has 2 nitrogen and oxygen atoms in total. The highest BCUT2D eigenvalue weighted by atomic mass is 79.9. The zero-order chi connectivity index (χ0) is 9.68. The molecule has 0 spiro atoms. The van der Waals surface area contributed by atoms with Gasteiger partial charge in [0, 0.05) is 16.2 Å². The SMILES string of the molecule is NCCC=Cc1cc(Br)cnc1F. The summed E-state index contributed by atoms with van der Waals surface area (Å²) < 4.78 is 13.7. The van der Waals surface area contributed by atoms with Gasteiger partial charge in [-0.25, -0.2) is 4.98 Å². The van der Waals surface area contributed by atoms with Crippen molar-refractivity contribution in [2.24, 2.45) is 5.73 Å². The molecule has 0 radical (unpaired) electrons. The van der Waals surface area contributed by atoms with Crippen molar-refractivity contribution in [3.05, 3.63) is 34.3 Å². The number of halogens is 2. The molecule has 0 fully saturated rings. The Morgan fingerprint density at radius 1 is 1.62 bits per heavy atom. The van der Waals surface area contributed by atoms with Crippen LogP contribution < -0.4 is 5.73 Å². The number of aromatic nitrogens is 1. The summed E-state index contributed by atoms with van der Waals surface area (Å²) in [7, 11) is 0. The predicted octanol–water partition coefficient (Wildman–Crippen LogP) is 2.35. The normalized spacial score (nSPS) is 11.0. The van der Waals surface area contributed by atoms with Crippen LogP contribution in [0.3, 0.4) is 0 Å². The molecule has 0 atom stereocenters. The smallest absolute Gasteiger partial charge is 0.220 e. The maximum absolute atomic E-state index is 13.0. The van der Waals surface area contributed by atoms with E-state index in [-0.39, 0.29) is 0 Å². The highest BCUT2D eigenvalue weighted by molar-refractivity contribution is 9.10. The van der Waals surface area contributed by atoms with E-state index in [0.717, 1.165) is 10.9 Å². The predicted molar refractivity (Wildman–Crippen MR) is 54.6 cm³/mol. The minimum Gasteiger partial charge on any atom is -0.330 e. The Hall–Kier alpha value is -0.740. The van der Waals surface area contributed by atoms with Crippen LogP contribution in [0.4, 0.5) is 4.39 Å². The average Bonchev–Trinajstić information content (AvgIpc) is 2.11. The van der Waals surface area contributed by atoms with Crippen LogP contribution in [0.15, 0.2) is 22.8 Å². The quantitative estimate of drug-likeness (QED) is 0.830. The molecule has 2 N–H and O–H groups in total. The number of nitrogens with zero attached hydrogens (tertiary/aromatic N) is 1. The molecule has 0 unspecified atom stereocenters. The molecule has 0 bridgehead atoms. The van der Waals surface area contributed by atoms with Crippen LogP contribution >= 0.6 is 15.9 Å². The number of nitrogens with two attached hydrogens (primary N) is 1. The molecule has 1 heterocycles. The highest BCUT2D eigenvalue weighted by Gasteiger charge is 1.99. The number of rotatable bonds is 3. The second-order valence-corrected chi connectivity index (χ2v) is 3.43. The maximum Gasteiger partial charge on any atom is 0.220 e. The molecule has 0 aliphatic rings. The van der Waals surface area contributed by atoms with Gasteiger partial charge in [-0.1, -0.05) is 12.2 Å². The first-order valence-corrected chi connectivity index (χ1v) is 4.71. The van der Waals surface area contributed by atoms with Gasteiger partial charge in [-0.15, -0.1) is 0 Å². The average molecular weight is 245 g/mol. The van der Waals surface area contributed by atoms with E-state index in [0.29, 0.717) is 12.1 Å². The summed E-state index contributed by atoms with van der Waals surface area (Å²) in [5, 5.41) is 0. The van der Waals surface area contributed by atoms with E-state index in [2.05, 4.69) is 20.9 Å². The Labute approximate surface area is 84.8 Å². The first kappa shape index (κ1) is 10.3. The van der Waals surface area contributed by atoms with Gasteiger partial charge in [-0.3, -0.25) is 0 Å². The van der Waals surface area contributed by atoms with Crippen LogP contribution in [0.1, 0.15) is 12.0 Å². The Balaban J connectivity index is 2.81. The van der Waals surface area contributed by atoms with Gasteiger partial charge in [0.15, 0.2) is 0 Å². The van der Waals surface area contributed by atoms with E-state index in [1.165, 1.54) is 6.20 Å². The number of hydrogen-bond donors (Lipinski definition) is 1. The largest absolute Gasteiger partial charge is 0.330 e. The minimum absolute atomic E-state index is 0.462. The summed E-state index contributed by atoms with van der Waals surface area (Å²) in [6.45, 7) is 0.569. The van der Waals surface area contributed by atoms with Crippen molar-refractivity contribution in [3.8, 4) is 0 Å². The molecular formula is C9H10BrFN2. The second kappa shape index (κ2) is 5.09. The highest BCUT2D eigenvalue weighted by Crippen LogP contribution is 2.14. The van der Waals surface area contributed by atoms with Gasteiger partial charge < -0.3 is 5.73 Å². The summed E-state index contributed by atoms with van der Waals surface area (Å²) in [6.07, 6.45) is 5.67. The van der Waals surface area contributed by atoms with E-state index >= 15 is 0 Å². The zero-order valence-electron chi connectivity index (χ0n) is 7.00. The Morgan fingerprint density at radius 2 is 2.38 bits per heavy atom. The van der Waals surface area contributed by atoms with Crippen molar-refractivity contribution in [3.63, 3.8) is 0 Å². The summed E-state index contributed by atoms with van der Waals surface area (Å²) in [6, 6.07) is 1.68. The molecule has 1 aromatic rings. The third-order valence-electron chi connectivity index (χ3n) is 1.46. The van der Waals surface area contributed by atoms with E-state index in [1.807, 2.05) is 6.08 Å². The van der Waals surface area contributed by atoms with Gasteiger partial charge in [0.05, 0.1) is 0 Å². The maximum atomic E-state index is 13.0. The van der Waals surface area contributed by atoms with Gasteiger partial charge in [0.2, 0.25) is 5.95 Å². The second-order valence-electron chi connectivity index (χ2n) is 2.51. The Bertz CT molecular complexity index is 312. The summed E-state index contributed by atoms with van der Waals surface area (Å²) in [5.74, 6) is -0.462. The van der Waals surface area contributed by atoms with Crippen LogP contribution in [0.25, 0.3) is 6.08 Å². The summed E-state index contributed by atoms with van der Waals surface area (Å²) in [5.41, 5.74) is 5.77. The summed E-state index contributed by atoms with van der Waals surface area (Å²) in [4.78, 5) is 3.56. The number of hydrogen-bond acceptors (Lipinski definition) is 2. The topological polar surface area (TPSA) is 38.9 Å². The Kier molecular flexibility index (Phi) is 4.05. The van der Waals surface area contributed by atoms with E-state index in [9.17, 15) is 4.39 Å². The van der Waals surface area contributed by atoms with Crippen LogP contribution in [-0.4, -0.2) is 11.5 Å². The molecule has 1 rings (SSSR count). The fourth-order valence-electron chi connectivity index (χ4n) is 0.862. The molecule has 0 amide bonds. The van der Waals surface area contributed by atoms with Crippen molar-refractivity contribution < 1.29 is 4.39 Å². The van der Waals surface area contributed by atoms with Gasteiger partial charge in [0.1, 0.15) is 0 Å².